The zero-order valence-corrected chi connectivity index (χ0v) is 12.5. The molecule has 1 atom stereocenters. The number of hydrogen-bond donors (Lipinski definition) is 2. The Hall–Kier alpha value is -1.15. The molecular formula is C12H21N3O4S. The molecule has 7 nitrogen and oxygen atoms in total. The second-order valence-corrected chi connectivity index (χ2v) is 7.94. The van der Waals surface area contributed by atoms with Crippen molar-refractivity contribution in [2.75, 3.05) is 37.7 Å². The number of sulfone groups is 1. The molecule has 0 aliphatic carbocycles. The number of carbonyl (C=O) groups is 2. The maximum atomic E-state index is 12.1. The third-order valence-corrected chi connectivity index (χ3v) is 5.64. The van der Waals surface area contributed by atoms with E-state index < -0.39 is 27.2 Å². The maximum Gasteiger partial charge on any atom is 0.311 e. The lowest BCUT2D eigenvalue weighted by atomic mass is 10.0. The van der Waals surface area contributed by atoms with Crippen molar-refractivity contribution in [3.63, 3.8) is 0 Å². The van der Waals surface area contributed by atoms with Crippen LogP contribution >= 0.6 is 0 Å². The highest BCUT2D eigenvalue weighted by molar-refractivity contribution is 7.91. The van der Waals surface area contributed by atoms with Gasteiger partial charge in [-0.2, -0.15) is 0 Å². The summed E-state index contributed by atoms with van der Waals surface area (Å²) < 4.78 is 23.0. The Kier molecular flexibility index (Phi) is 4.33. The van der Waals surface area contributed by atoms with Gasteiger partial charge in [0.15, 0.2) is 9.84 Å². The molecule has 2 fully saturated rings. The quantitative estimate of drug-likeness (QED) is 0.575. The number of rotatable bonds is 1. The van der Waals surface area contributed by atoms with Gasteiger partial charge in [-0.15, -0.1) is 0 Å². The van der Waals surface area contributed by atoms with Gasteiger partial charge in [-0.1, -0.05) is 0 Å². The Morgan fingerprint density at radius 3 is 2.65 bits per heavy atom. The molecule has 1 unspecified atom stereocenters. The van der Waals surface area contributed by atoms with E-state index in [-0.39, 0.29) is 11.5 Å². The van der Waals surface area contributed by atoms with Gasteiger partial charge in [0, 0.05) is 19.6 Å². The fourth-order valence-corrected chi connectivity index (χ4v) is 4.72. The number of nitrogens with one attached hydrogen (secondary N) is 2. The monoisotopic (exact) mass is 303 g/mol. The van der Waals surface area contributed by atoms with Gasteiger partial charge in [0.05, 0.1) is 17.0 Å². The fraction of sp³-hybridized carbons (Fsp3) is 0.833. The maximum absolute atomic E-state index is 12.1. The first-order valence-electron chi connectivity index (χ1n) is 6.84. The van der Waals surface area contributed by atoms with Crippen LogP contribution in [0.5, 0.6) is 0 Å². The van der Waals surface area contributed by atoms with E-state index in [0.29, 0.717) is 26.1 Å². The summed E-state index contributed by atoms with van der Waals surface area (Å²) in [6.45, 7) is 4.23. The summed E-state index contributed by atoms with van der Waals surface area (Å²) in [5.74, 6) is -1.31. The van der Waals surface area contributed by atoms with E-state index in [9.17, 15) is 18.0 Å². The van der Waals surface area contributed by atoms with Gasteiger partial charge in [-0.25, -0.2) is 8.42 Å². The lowest BCUT2D eigenvalue weighted by molar-refractivity contribution is -0.146. The predicted molar refractivity (Wildman–Crippen MR) is 73.9 cm³/mol. The van der Waals surface area contributed by atoms with Crippen molar-refractivity contribution in [1.29, 1.82) is 0 Å². The molecule has 0 spiro atoms. The summed E-state index contributed by atoms with van der Waals surface area (Å²) in [6, 6.07) is 0. The topological polar surface area (TPSA) is 95.6 Å². The molecule has 2 rings (SSSR count). The normalized spacial score (nSPS) is 29.8. The van der Waals surface area contributed by atoms with Gasteiger partial charge in [0.1, 0.15) is 0 Å². The largest absolute Gasteiger partial charge is 0.342 e. The van der Waals surface area contributed by atoms with Crippen LogP contribution in [-0.2, 0) is 19.4 Å². The second kappa shape index (κ2) is 5.69. The van der Waals surface area contributed by atoms with E-state index in [1.165, 1.54) is 4.90 Å². The first-order valence-corrected chi connectivity index (χ1v) is 8.66. The van der Waals surface area contributed by atoms with E-state index in [0.717, 1.165) is 13.0 Å². The summed E-state index contributed by atoms with van der Waals surface area (Å²) in [5.41, 5.74) is -0.824. The van der Waals surface area contributed by atoms with Gasteiger partial charge in [0.25, 0.3) is 0 Å². The third kappa shape index (κ3) is 3.69. The predicted octanol–water partition coefficient (Wildman–Crippen LogP) is -1.50. The van der Waals surface area contributed by atoms with Crippen LogP contribution in [0.4, 0.5) is 0 Å². The Balaban J connectivity index is 1.95. The van der Waals surface area contributed by atoms with Gasteiger partial charge < -0.3 is 15.5 Å². The highest BCUT2D eigenvalue weighted by atomic mass is 32.2. The van der Waals surface area contributed by atoms with Crippen LogP contribution in [0.25, 0.3) is 0 Å². The van der Waals surface area contributed by atoms with Crippen molar-refractivity contribution < 1.29 is 18.0 Å². The molecule has 8 heteroatoms. The standard InChI is InChI=1S/C12H21N3O4S/c1-12(3-8-20(18,19)9-12)14-10(16)11(17)15-6-2-4-13-5-7-15/h13H,2-9H2,1H3,(H,14,16). The Morgan fingerprint density at radius 1 is 1.25 bits per heavy atom. The molecule has 20 heavy (non-hydrogen) atoms. The van der Waals surface area contributed by atoms with Crippen LogP contribution in [0, 0.1) is 0 Å². The molecule has 0 aromatic rings. The molecule has 114 valence electrons. The Labute approximate surface area is 119 Å². The van der Waals surface area contributed by atoms with Crippen molar-refractivity contribution in [3.05, 3.63) is 0 Å². The zero-order valence-electron chi connectivity index (χ0n) is 11.6. The summed E-state index contributed by atoms with van der Waals surface area (Å²) >= 11 is 0. The molecule has 2 aliphatic rings. The summed E-state index contributed by atoms with van der Waals surface area (Å²) in [6.07, 6.45) is 1.17. The van der Waals surface area contributed by atoms with Crippen molar-refractivity contribution in [2.45, 2.75) is 25.3 Å². The zero-order chi connectivity index (χ0) is 14.8. The lowest BCUT2D eigenvalue weighted by Crippen LogP contribution is -2.53. The third-order valence-electron chi connectivity index (χ3n) is 3.74. The minimum atomic E-state index is -3.11. The molecular weight excluding hydrogens is 282 g/mol. The molecule has 2 heterocycles. The fourth-order valence-electron chi connectivity index (χ4n) is 2.63. The molecule has 0 radical (unpaired) electrons. The summed E-state index contributed by atoms with van der Waals surface area (Å²) in [7, 11) is -3.11. The molecule has 0 aromatic heterocycles. The molecule has 0 saturated carbocycles. The average Bonchev–Trinajstić information content (AvgIpc) is 2.59. The summed E-state index contributed by atoms with van der Waals surface area (Å²) in [4.78, 5) is 25.6. The Bertz CT molecular complexity index is 497. The first kappa shape index (κ1) is 15.2. The highest BCUT2D eigenvalue weighted by Crippen LogP contribution is 2.22. The van der Waals surface area contributed by atoms with Crippen LogP contribution in [0.2, 0.25) is 0 Å². The number of hydrogen-bond acceptors (Lipinski definition) is 5. The van der Waals surface area contributed by atoms with Gasteiger partial charge in [-0.3, -0.25) is 9.59 Å². The molecule has 0 bridgehead atoms. The van der Waals surface area contributed by atoms with Crippen LogP contribution in [0.15, 0.2) is 0 Å². The number of amides is 2. The van der Waals surface area contributed by atoms with Gasteiger partial charge in [0.2, 0.25) is 0 Å². The summed E-state index contributed by atoms with van der Waals surface area (Å²) in [5, 5.41) is 5.76. The molecule has 2 aliphatic heterocycles. The van der Waals surface area contributed by atoms with Crippen molar-refractivity contribution in [3.8, 4) is 0 Å². The van der Waals surface area contributed by atoms with Crippen LogP contribution < -0.4 is 10.6 Å². The minimum Gasteiger partial charge on any atom is -0.342 e. The van der Waals surface area contributed by atoms with E-state index in [4.69, 9.17) is 0 Å². The van der Waals surface area contributed by atoms with E-state index >= 15 is 0 Å². The van der Waals surface area contributed by atoms with Gasteiger partial charge >= 0.3 is 11.8 Å². The van der Waals surface area contributed by atoms with Crippen molar-refractivity contribution >= 4 is 21.7 Å². The lowest BCUT2D eigenvalue weighted by Gasteiger charge is -2.26. The van der Waals surface area contributed by atoms with E-state index in [1.54, 1.807) is 6.92 Å². The van der Waals surface area contributed by atoms with E-state index in [1.807, 2.05) is 0 Å². The highest BCUT2D eigenvalue weighted by Gasteiger charge is 2.41. The number of nitrogens with zero attached hydrogens (tertiary/aromatic N) is 1. The average molecular weight is 303 g/mol. The number of carbonyl (C=O) groups excluding carboxylic acids is 2. The molecule has 0 aromatic carbocycles. The van der Waals surface area contributed by atoms with Crippen molar-refractivity contribution in [1.82, 2.24) is 15.5 Å². The Morgan fingerprint density at radius 2 is 2.00 bits per heavy atom. The molecule has 2 N–H and O–H groups in total. The second-order valence-electron chi connectivity index (χ2n) is 5.75. The van der Waals surface area contributed by atoms with Gasteiger partial charge in [-0.05, 0) is 26.3 Å². The SMILES string of the molecule is CC1(NC(=O)C(=O)N2CCCNCC2)CCS(=O)(=O)C1. The first-order chi connectivity index (χ1) is 9.31. The van der Waals surface area contributed by atoms with Crippen LogP contribution in [-0.4, -0.2) is 68.4 Å². The smallest absolute Gasteiger partial charge is 0.311 e. The van der Waals surface area contributed by atoms with Crippen LogP contribution in [0.3, 0.4) is 0 Å². The molecule has 2 amide bonds. The van der Waals surface area contributed by atoms with Crippen molar-refractivity contribution in [2.24, 2.45) is 0 Å². The van der Waals surface area contributed by atoms with E-state index in [2.05, 4.69) is 10.6 Å². The van der Waals surface area contributed by atoms with Crippen LogP contribution in [0.1, 0.15) is 19.8 Å². The minimum absolute atomic E-state index is 0.0611. The molecule has 2 saturated heterocycles.